The molecule has 3 heteroatoms. The molecule has 1 aromatic rings. The number of carbonyl (C=O) groups excluding carboxylic acids is 1. The standard InChI is InChI=1S/C20H32N2O/c1-19(2,3)15-16-8-7-9-17(14-16)18(23)21-10-12-22(13-11-21)20(4,5)6/h7-9,14H,10-13,15H2,1-6H3. The van der Waals surface area contributed by atoms with Gasteiger partial charge in [-0.05, 0) is 50.3 Å². The third-order valence-corrected chi connectivity index (χ3v) is 4.42. The van der Waals surface area contributed by atoms with Gasteiger partial charge < -0.3 is 4.90 Å². The molecule has 1 amide bonds. The molecule has 128 valence electrons. The van der Waals surface area contributed by atoms with Crippen molar-refractivity contribution in [3.05, 3.63) is 35.4 Å². The summed E-state index contributed by atoms with van der Waals surface area (Å²) < 4.78 is 0. The first-order valence-electron chi connectivity index (χ1n) is 8.69. The summed E-state index contributed by atoms with van der Waals surface area (Å²) in [5, 5.41) is 0. The Morgan fingerprint density at radius 3 is 2.13 bits per heavy atom. The molecule has 0 aliphatic carbocycles. The van der Waals surface area contributed by atoms with Gasteiger partial charge in [-0.15, -0.1) is 0 Å². The van der Waals surface area contributed by atoms with E-state index in [-0.39, 0.29) is 16.9 Å². The second-order valence-electron chi connectivity index (χ2n) is 8.89. The van der Waals surface area contributed by atoms with Gasteiger partial charge in [0, 0.05) is 37.3 Å². The Morgan fingerprint density at radius 1 is 1.00 bits per heavy atom. The zero-order chi connectivity index (χ0) is 17.3. The lowest BCUT2D eigenvalue weighted by Gasteiger charge is -2.42. The smallest absolute Gasteiger partial charge is 0.253 e. The lowest BCUT2D eigenvalue weighted by molar-refractivity contribution is 0.0451. The van der Waals surface area contributed by atoms with Gasteiger partial charge in [-0.2, -0.15) is 0 Å². The number of benzene rings is 1. The molecule has 0 saturated carbocycles. The average molecular weight is 316 g/mol. The predicted molar refractivity (Wildman–Crippen MR) is 96.8 cm³/mol. The van der Waals surface area contributed by atoms with Crippen molar-refractivity contribution in [2.75, 3.05) is 26.2 Å². The maximum Gasteiger partial charge on any atom is 0.253 e. The fraction of sp³-hybridized carbons (Fsp3) is 0.650. The summed E-state index contributed by atoms with van der Waals surface area (Å²) in [5.41, 5.74) is 2.49. The molecule has 0 atom stereocenters. The Balaban J connectivity index is 2.03. The Kier molecular flexibility index (Phi) is 5.20. The van der Waals surface area contributed by atoms with Crippen molar-refractivity contribution in [2.24, 2.45) is 5.41 Å². The van der Waals surface area contributed by atoms with Crippen molar-refractivity contribution in [2.45, 2.75) is 53.5 Å². The normalized spacial score (nSPS) is 17.4. The minimum atomic E-state index is 0.175. The van der Waals surface area contributed by atoms with Crippen LogP contribution in [0.15, 0.2) is 24.3 Å². The van der Waals surface area contributed by atoms with Crippen LogP contribution >= 0.6 is 0 Å². The molecule has 0 bridgehead atoms. The van der Waals surface area contributed by atoms with E-state index in [4.69, 9.17) is 0 Å². The Morgan fingerprint density at radius 2 is 1.61 bits per heavy atom. The Hall–Kier alpha value is -1.35. The second-order valence-corrected chi connectivity index (χ2v) is 8.89. The lowest BCUT2D eigenvalue weighted by Crippen LogP contribution is -2.54. The molecule has 0 aromatic heterocycles. The van der Waals surface area contributed by atoms with E-state index in [0.29, 0.717) is 0 Å². The van der Waals surface area contributed by atoms with E-state index in [1.54, 1.807) is 0 Å². The second kappa shape index (κ2) is 6.64. The zero-order valence-electron chi connectivity index (χ0n) is 15.6. The van der Waals surface area contributed by atoms with Gasteiger partial charge >= 0.3 is 0 Å². The van der Waals surface area contributed by atoms with Gasteiger partial charge in [0.15, 0.2) is 0 Å². The molecular weight excluding hydrogens is 284 g/mol. The van der Waals surface area contributed by atoms with Crippen molar-refractivity contribution in [1.29, 1.82) is 0 Å². The highest BCUT2D eigenvalue weighted by Gasteiger charge is 2.28. The van der Waals surface area contributed by atoms with Crippen LogP contribution in [0.3, 0.4) is 0 Å². The molecule has 0 N–H and O–H groups in total. The highest BCUT2D eigenvalue weighted by molar-refractivity contribution is 5.94. The highest BCUT2D eigenvalue weighted by atomic mass is 16.2. The first-order valence-corrected chi connectivity index (χ1v) is 8.69. The number of hydrogen-bond donors (Lipinski definition) is 0. The largest absolute Gasteiger partial charge is 0.336 e. The van der Waals surface area contributed by atoms with Crippen molar-refractivity contribution in [3.8, 4) is 0 Å². The van der Waals surface area contributed by atoms with Crippen LogP contribution in [0.4, 0.5) is 0 Å². The molecule has 3 nitrogen and oxygen atoms in total. The summed E-state index contributed by atoms with van der Waals surface area (Å²) in [6.07, 6.45) is 0.992. The van der Waals surface area contributed by atoms with Crippen molar-refractivity contribution in [1.82, 2.24) is 9.80 Å². The molecule has 23 heavy (non-hydrogen) atoms. The molecule has 1 fully saturated rings. The van der Waals surface area contributed by atoms with Gasteiger partial charge in [0.25, 0.3) is 5.91 Å². The van der Waals surface area contributed by atoms with E-state index in [0.717, 1.165) is 38.2 Å². The summed E-state index contributed by atoms with van der Waals surface area (Å²) in [7, 11) is 0. The molecule has 0 spiro atoms. The van der Waals surface area contributed by atoms with Crippen LogP contribution in [-0.2, 0) is 6.42 Å². The zero-order valence-corrected chi connectivity index (χ0v) is 15.6. The maximum absolute atomic E-state index is 12.8. The molecule has 0 unspecified atom stereocenters. The van der Waals surface area contributed by atoms with Gasteiger partial charge in [0.05, 0.1) is 0 Å². The van der Waals surface area contributed by atoms with Crippen LogP contribution < -0.4 is 0 Å². The quantitative estimate of drug-likeness (QED) is 0.828. The van der Waals surface area contributed by atoms with Gasteiger partial charge in [0.1, 0.15) is 0 Å². The Bertz CT molecular complexity index is 543. The van der Waals surface area contributed by atoms with Crippen LogP contribution in [0, 0.1) is 5.41 Å². The fourth-order valence-corrected chi connectivity index (χ4v) is 3.19. The summed E-state index contributed by atoms with van der Waals surface area (Å²) >= 11 is 0. The number of amides is 1. The van der Waals surface area contributed by atoms with Crippen LogP contribution in [0.25, 0.3) is 0 Å². The highest BCUT2D eigenvalue weighted by Crippen LogP contribution is 2.22. The van der Waals surface area contributed by atoms with Crippen LogP contribution in [-0.4, -0.2) is 47.4 Å². The molecule has 2 rings (SSSR count). The molecule has 1 aliphatic heterocycles. The minimum Gasteiger partial charge on any atom is -0.336 e. The molecule has 1 aromatic carbocycles. The van der Waals surface area contributed by atoms with E-state index >= 15 is 0 Å². The van der Waals surface area contributed by atoms with Gasteiger partial charge in [0.2, 0.25) is 0 Å². The SMILES string of the molecule is CC(C)(C)Cc1cccc(C(=O)N2CCN(C(C)(C)C)CC2)c1. The van der Waals surface area contributed by atoms with E-state index in [2.05, 4.69) is 58.6 Å². The minimum absolute atomic E-state index is 0.175. The van der Waals surface area contributed by atoms with Crippen molar-refractivity contribution >= 4 is 5.91 Å². The predicted octanol–water partition coefficient (Wildman–Crippen LogP) is 3.83. The number of hydrogen-bond acceptors (Lipinski definition) is 2. The third kappa shape index (κ3) is 5.07. The number of piperazine rings is 1. The maximum atomic E-state index is 12.8. The first kappa shape index (κ1) is 18.0. The van der Waals surface area contributed by atoms with E-state index < -0.39 is 0 Å². The number of nitrogens with zero attached hydrogens (tertiary/aromatic N) is 2. The van der Waals surface area contributed by atoms with E-state index in [1.807, 2.05) is 17.0 Å². The topological polar surface area (TPSA) is 23.6 Å². The summed E-state index contributed by atoms with van der Waals surface area (Å²) in [6.45, 7) is 16.9. The van der Waals surface area contributed by atoms with Crippen LogP contribution in [0.5, 0.6) is 0 Å². The number of carbonyl (C=O) groups is 1. The fourth-order valence-electron chi connectivity index (χ4n) is 3.19. The lowest BCUT2D eigenvalue weighted by atomic mass is 9.87. The molecule has 1 heterocycles. The van der Waals surface area contributed by atoms with Crippen LogP contribution in [0.2, 0.25) is 0 Å². The Labute approximate surface area is 141 Å². The number of rotatable bonds is 2. The van der Waals surface area contributed by atoms with Gasteiger partial charge in [-0.25, -0.2) is 0 Å². The van der Waals surface area contributed by atoms with Crippen molar-refractivity contribution in [3.63, 3.8) is 0 Å². The summed E-state index contributed by atoms with van der Waals surface area (Å²) in [6, 6.07) is 8.16. The molecule has 1 aliphatic rings. The summed E-state index contributed by atoms with van der Waals surface area (Å²) in [5.74, 6) is 0.175. The molecular formula is C20H32N2O. The third-order valence-electron chi connectivity index (χ3n) is 4.42. The monoisotopic (exact) mass is 316 g/mol. The summed E-state index contributed by atoms with van der Waals surface area (Å²) in [4.78, 5) is 17.2. The van der Waals surface area contributed by atoms with E-state index in [9.17, 15) is 4.79 Å². The average Bonchev–Trinajstić information content (AvgIpc) is 2.44. The van der Waals surface area contributed by atoms with Crippen molar-refractivity contribution < 1.29 is 4.79 Å². The van der Waals surface area contributed by atoms with Gasteiger partial charge in [-0.1, -0.05) is 32.9 Å². The van der Waals surface area contributed by atoms with Gasteiger partial charge in [-0.3, -0.25) is 9.69 Å². The molecule has 1 saturated heterocycles. The van der Waals surface area contributed by atoms with E-state index in [1.165, 1.54) is 5.56 Å². The first-order chi connectivity index (χ1) is 10.6. The van der Waals surface area contributed by atoms with Crippen LogP contribution in [0.1, 0.15) is 57.5 Å². The molecule has 0 radical (unpaired) electrons.